The summed E-state index contributed by atoms with van der Waals surface area (Å²) in [5.41, 5.74) is 6.14. The van der Waals surface area contributed by atoms with E-state index in [0.717, 1.165) is 32.7 Å². The van der Waals surface area contributed by atoms with Crippen molar-refractivity contribution in [2.75, 3.05) is 12.9 Å². The van der Waals surface area contributed by atoms with Crippen molar-refractivity contribution in [3.63, 3.8) is 0 Å². The Balaban J connectivity index is 1.43. The van der Waals surface area contributed by atoms with Gasteiger partial charge in [-0.05, 0) is 42.0 Å². The molecule has 0 unspecified atom stereocenters. The summed E-state index contributed by atoms with van der Waals surface area (Å²) in [6.45, 7) is 0.572. The molecule has 7 heteroatoms. The first-order valence-corrected chi connectivity index (χ1v) is 11.3. The Kier molecular flexibility index (Phi) is 7.08. The molecule has 0 bridgehead atoms. The highest BCUT2D eigenvalue weighted by Crippen LogP contribution is 2.23. The fraction of sp³-hybridized carbons (Fsp3) is 0.115. The monoisotopic (exact) mass is 454 g/mol. The van der Waals surface area contributed by atoms with Gasteiger partial charge >= 0.3 is 0 Å². The maximum Gasteiger partial charge on any atom is 0.250 e. The minimum atomic E-state index is -0.182. The molecule has 4 rings (SSSR count). The summed E-state index contributed by atoms with van der Waals surface area (Å²) in [4.78, 5) is 13.2. The van der Waals surface area contributed by atoms with Crippen LogP contribution in [-0.4, -0.2) is 29.6 Å². The first-order chi connectivity index (χ1) is 16.2. The van der Waals surface area contributed by atoms with Crippen LogP contribution in [0.3, 0.4) is 0 Å². The Morgan fingerprint density at radius 2 is 1.88 bits per heavy atom. The van der Waals surface area contributed by atoms with Crippen molar-refractivity contribution < 1.29 is 9.53 Å². The molecule has 0 saturated carbocycles. The van der Waals surface area contributed by atoms with Crippen molar-refractivity contribution in [2.24, 2.45) is 5.10 Å². The number of carbonyl (C=O) groups is 1. The van der Waals surface area contributed by atoms with Crippen LogP contribution in [0.4, 0.5) is 0 Å². The number of para-hydroxylation sites is 1. The topological polar surface area (TPSA) is 79.4 Å². The number of rotatable bonds is 8. The van der Waals surface area contributed by atoms with Gasteiger partial charge in [0, 0.05) is 34.1 Å². The van der Waals surface area contributed by atoms with Crippen LogP contribution in [0, 0.1) is 11.3 Å². The third kappa shape index (κ3) is 5.43. The van der Waals surface area contributed by atoms with E-state index >= 15 is 0 Å². The van der Waals surface area contributed by atoms with Gasteiger partial charge in [0.15, 0.2) is 0 Å². The second-order valence-corrected chi connectivity index (χ2v) is 8.30. The third-order valence-corrected chi connectivity index (χ3v) is 6.13. The lowest BCUT2D eigenvalue weighted by Gasteiger charge is -2.07. The average Bonchev–Trinajstić information content (AvgIpc) is 3.20. The molecule has 33 heavy (non-hydrogen) atoms. The molecule has 0 aliphatic rings. The van der Waals surface area contributed by atoms with E-state index < -0.39 is 0 Å². The summed E-state index contributed by atoms with van der Waals surface area (Å²) >= 11 is 1.43. The number of fused-ring (bicyclic) bond motifs is 1. The van der Waals surface area contributed by atoms with Gasteiger partial charge in [-0.2, -0.15) is 10.4 Å². The van der Waals surface area contributed by atoms with Crippen molar-refractivity contribution in [1.82, 2.24) is 9.99 Å². The van der Waals surface area contributed by atoms with Gasteiger partial charge in [-0.15, -0.1) is 11.8 Å². The Hall–Kier alpha value is -4.02. The van der Waals surface area contributed by atoms with Crippen LogP contribution in [0.25, 0.3) is 10.9 Å². The Morgan fingerprint density at radius 3 is 2.67 bits per heavy atom. The molecule has 6 nitrogen and oxygen atoms in total. The number of aromatic nitrogens is 1. The lowest BCUT2D eigenvalue weighted by Crippen LogP contribution is -2.19. The molecule has 0 fully saturated rings. The van der Waals surface area contributed by atoms with E-state index in [9.17, 15) is 10.1 Å². The van der Waals surface area contributed by atoms with Crippen molar-refractivity contribution in [1.29, 1.82) is 5.26 Å². The molecular formula is C26H22N4O2S. The third-order valence-electron chi connectivity index (χ3n) is 5.12. The maximum atomic E-state index is 12.2. The number of carbonyl (C=O) groups excluding carboxylic acids is 1. The highest BCUT2D eigenvalue weighted by Gasteiger charge is 2.09. The van der Waals surface area contributed by atoms with E-state index in [-0.39, 0.29) is 11.7 Å². The summed E-state index contributed by atoms with van der Waals surface area (Å²) in [5.74, 6) is 0.860. The zero-order chi connectivity index (χ0) is 23.0. The van der Waals surface area contributed by atoms with E-state index in [1.807, 2.05) is 79.0 Å². The number of thioether (sulfide) groups is 1. The number of hydrazone groups is 1. The first kappa shape index (κ1) is 22.2. The highest BCUT2D eigenvalue weighted by atomic mass is 32.2. The fourth-order valence-corrected chi connectivity index (χ4v) is 4.18. The van der Waals surface area contributed by atoms with Gasteiger partial charge in [0.2, 0.25) is 5.91 Å². The van der Waals surface area contributed by atoms with Gasteiger partial charge in [-0.3, -0.25) is 4.79 Å². The van der Waals surface area contributed by atoms with Crippen LogP contribution in [0.2, 0.25) is 0 Å². The van der Waals surface area contributed by atoms with Gasteiger partial charge < -0.3 is 9.30 Å². The number of nitriles is 1. The second kappa shape index (κ2) is 10.5. The zero-order valence-corrected chi connectivity index (χ0v) is 18.9. The molecule has 1 N–H and O–H groups in total. The molecule has 4 aromatic rings. The minimum absolute atomic E-state index is 0.182. The molecule has 0 radical (unpaired) electrons. The summed E-state index contributed by atoms with van der Waals surface area (Å²) < 4.78 is 7.23. The predicted molar refractivity (Wildman–Crippen MR) is 132 cm³/mol. The van der Waals surface area contributed by atoms with Crippen molar-refractivity contribution in [3.8, 4) is 11.8 Å². The van der Waals surface area contributed by atoms with E-state index in [1.165, 1.54) is 11.8 Å². The standard InChI is InChI=1S/C26H22N4O2S/c1-32-22-10-12-23(13-11-22)33-18-26(31)29-28-15-21-17-30(25-9-5-4-8-24(21)25)16-20-7-3-2-6-19(20)14-27/h2-13,15,17H,16,18H2,1H3,(H,29,31). The SMILES string of the molecule is COc1ccc(SCC(=O)NN=Cc2cn(Cc3ccccc3C#N)c3ccccc23)cc1. The largest absolute Gasteiger partial charge is 0.497 e. The van der Waals surface area contributed by atoms with Crippen LogP contribution in [0.5, 0.6) is 5.75 Å². The van der Waals surface area contributed by atoms with E-state index in [2.05, 4.69) is 21.2 Å². The number of hydrogen-bond donors (Lipinski definition) is 1. The minimum Gasteiger partial charge on any atom is -0.497 e. The Bertz CT molecular complexity index is 1340. The average molecular weight is 455 g/mol. The summed E-state index contributed by atoms with van der Waals surface area (Å²) in [5, 5.41) is 14.6. The number of amides is 1. The van der Waals surface area contributed by atoms with Crippen molar-refractivity contribution in [3.05, 3.63) is 95.7 Å². The normalized spacial score (nSPS) is 10.9. The van der Waals surface area contributed by atoms with E-state index in [1.54, 1.807) is 13.3 Å². The highest BCUT2D eigenvalue weighted by molar-refractivity contribution is 8.00. The first-order valence-electron chi connectivity index (χ1n) is 10.3. The molecule has 1 heterocycles. The number of hydrogen-bond acceptors (Lipinski definition) is 5. The molecule has 1 amide bonds. The van der Waals surface area contributed by atoms with Gasteiger partial charge in [0.05, 0.1) is 30.7 Å². The van der Waals surface area contributed by atoms with Gasteiger partial charge in [-0.1, -0.05) is 36.4 Å². The summed E-state index contributed by atoms with van der Waals surface area (Å²) in [6.07, 6.45) is 3.64. The van der Waals surface area contributed by atoms with Crippen molar-refractivity contribution >= 4 is 34.8 Å². The maximum absolute atomic E-state index is 12.2. The Labute approximate surface area is 196 Å². The smallest absolute Gasteiger partial charge is 0.250 e. The molecular weight excluding hydrogens is 432 g/mol. The van der Waals surface area contributed by atoms with Gasteiger partial charge in [-0.25, -0.2) is 5.43 Å². The lowest BCUT2D eigenvalue weighted by molar-refractivity contribution is -0.118. The van der Waals surface area contributed by atoms with Gasteiger partial charge in [0.1, 0.15) is 5.75 Å². The molecule has 0 aliphatic carbocycles. The number of methoxy groups -OCH3 is 1. The van der Waals surface area contributed by atoms with Crippen LogP contribution in [0.1, 0.15) is 16.7 Å². The number of ether oxygens (including phenoxy) is 1. The molecule has 0 saturated heterocycles. The van der Waals surface area contributed by atoms with Crippen LogP contribution >= 0.6 is 11.8 Å². The molecule has 1 aromatic heterocycles. The molecule has 164 valence electrons. The van der Waals surface area contributed by atoms with E-state index in [4.69, 9.17) is 4.74 Å². The Morgan fingerprint density at radius 1 is 1.12 bits per heavy atom. The zero-order valence-electron chi connectivity index (χ0n) is 18.1. The van der Waals surface area contributed by atoms with E-state index in [0.29, 0.717) is 12.1 Å². The molecule has 3 aromatic carbocycles. The molecule has 0 spiro atoms. The van der Waals surface area contributed by atoms with Gasteiger partial charge in [0.25, 0.3) is 0 Å². The second-order valence-electron chi connectivity index (χ2n) is 7.26. The summed E-state index contributed by atoms with van der Waals surface area (Å²) in [6, 6.07) is 25.4. The number of nitrogens with one attached hydrogen (secondary N) is 1. The van der Waals surface area contributed by atoms with Crippen LogP contribution < -0.4 is 10.2 Å². The number of nitrogens with zero attached hydrogens (tertiary/aromatic N) is 3. The summed E-state index contributed by atoms with van der Waals surface area (Å²) in [7, 11) is 1.62. The fourth-order valence-electron chi connectivity index (χ4n) is 3.49. The quantitative estimate of drug-likeness (QED) is 0.235. The van der Waals surface area contributed by atoms with Crippen LogP contribution in [0.15, 0.2) is 89.0 Å². The molecule has 0 aliphatic heterocycles. The predicted octanol–water partition coefficient (Wildman–Crippen LogP) is 4.81. The molecule has 0 atom stereocenters. The number of benzene rings is 3. The van der Waals surface area contributed by atoms with Crippen molar-refractivity contribution in [2.45, 2.75) is 11.4 Å². The van der Waals surface area contributed by atoms with Crippen LogP contribution in [-0.2, 0) is 11.3 Å². The lowest BCUT2D eigenvalue weighted by atomic mass is 10.1.